The number of rotatable bonds is 6. The third kappa shape index (κ3) is 5.09. The maximum absolute atomic E-state index is 13.7. The number of aromatic hydroxyl groups is 1. The molecule has 204 valence electrons. The van der Waals surface area contributed by atoms with Crippen molar-refractivity contribution in [1.82, 2.24) is 0 Å². The Morgan fingerprint density at radius 3 is 2.33 bits per heavy atom. The molecule has 1 aliphatic heterocycles. The van der Waals surface area contributed by atoms with Crippen LogP contribution >= 0.6 is 0 Å². The smallest absolute Gasteiger partial charge is 0.300 e. The van der Waals surface area contributed by atoms with E-state index in [0.717, 1.165) is 16.7 Å². The molecule has 0 aromatic heterocycles. The number of benzene rings is 3. The van der Waals surface area contributed by atoms with Gasteiger partial charge >= 0.3 is 0 Å². The Labute approximate surface area is 229 Å². The highest BCUT2D eigenvalue weighted by molar-refractivity contribution is 6.52. The van der Waals surface area contributed by atoms with Crippen LogP contribution in [0, 0.1) is 13.8 Å². The molecular weight excluding hydrogens is 494 g/mol. The third-order valence-corrected chi connectivity index (χ3v) is 7.00. The Bertz CT molecular complexity index is 1480. The van der Waals surface area contributed by atoms with Crippen molar-refractivity contribution < 1.29 is 29.3 Å². The zero-order valence-electron chi connectivity index (χ0n) is 23.5. The summed E-state index contributed by atoms with van der Waals surface area (Å²) in [6.45, 7) is 12.1. The van der Waals surface area contributed by atoms with Gasteiger partial charge in [-0.1, -0.05) is 45.0 Å². The number of anilines is 1. The largest absolute Gasteiger partial charge is 0.507 e. The van der Waals surface area contributed by atoms with E-state index in [1.165, 1.54) is 18.1 Å². The fraction of sp³-hybridized carbons (Fsp3) is 0.312. The average Bonchev–Trinajstić information content (AvgIpc) is 3.15. The topological polar surface area (TPSA) is 96.3 Å². The number of hydrogen-bond donors (Lipinski definition) is 2. The molecule has 1 amide bonds. The minimum atomic E-state index is -1.03. The average molecular weight is 530 g/mol. The molecule has 1 saturated heterocycles. The SMILES string of the molecule is CCOc1cc(C2/C(=C(\O)c3cc(C(C)(C)C)ccc3C)C(=O)C(=O)N2c2cc(C)ccc2O)ccc1OC. The van der Waals surface area contributed by atoms with Crippen LogP contribution in [0.25, 0.3) is 5.76 Å². The molecule has 1 aliphatic rings. The number of aliphatic hydroxyl groups is 1. The summed E-state index contributed by atoms with van der Waals surface area (Å²) in [4.78, 5) is 28.5. The maximum Gasteiger partial charge on any atom is 0.300 e. The zero-order chi connectivity index (χ0) is 28.6. The number of Topliss-reactive ketones (excluding diaryl/α,β-unsaturated/α-hetero) is 1. The van der Waals surface area contributed by atoms with E-state index in [0.29, 0.717) is 29.2 Å². The van der Waals surface area contributed by atoms with E-state index in [4.69, 9.17) is 9.47 Å². The van der Waals surface area contributed by atoms with Gasteiger partial charge in [0, 0.05) is 5.56 Å². The number of aliphatic hydroxyl groups excluding tert-OH is 1. The summed E-state index contributed by atoms with van der Waals surface area (Å²) < 4.78 is 11.2. The quantitative estimate of drug-likeness (QED) is 0.220. The van der Waals surface area contributed by atoms with Crippen LogP contribution in [0.5, 0.6) is 17.2 Å². The summed E-state index contributed by atoms with van der Waals surface area (Å²) in [6, 6.07) is 14.7. The zero-order valence-corrected chi connectivity index (χ0v) is 23.5. The van der Waals surface area contributed by atoms with Crippen molar-refractivity contribution in [3.63, 3.8) is 0 Å². The van der Waals surface area contributed by atoms with Crippen LogP contribution in [0.3, 0.4) is 0 Å². The van der Waals surface area contributed by atoms with Crippen molar-refractivity contribution in [2.24, 2.45) is 0 Å². The van der Waals surface area contributed by atoms with Gasteiger partial charge in [-0.2, -0.15) is 0 Å². The second-order valence-corrected chi connectivity index (χ2v) is 10.8. The number of nitrogens with zero attached hydrogens (tertiary/aromatic N) is 1. The monoisotopic (exact) mass is 529 g/mol. The van der Waals surface area contributed by atoms with Gasteiger partial charge in [0.2, 0.25) is 0 Å². The molecule has 0 aliphatic carbocycles. The number of carbonyl (C=O) groups is 2. The summed E-state index contributed by atoms with van der Waals surface area (Å²) in [7, 11) is 1.53. The van der Waals surface area contributed by atoms with Crippen molar-refractivity contribution in [3.05, 3.63) is 88.0 Å². The molecule has 7 nitrogen and oxygen atoms in total. The number of aryl methyl sites for hydroxylation is 2. The number of carbonyl (C=O) groups excluding carboxylic acids is 2. The van der Waals surface area contributed by atoms with Crippen molar-refractivity contribution in [3.8, 4) is 17.2 Å². The first-order valence-electron chi connectivity index (χ1n) is 12.9. The van der Waals surface area contributed by atoms with E-state index in [1.807, 2.05) is 39.0 Å². The van der Waals surface area contributed by atoms with Crippen LogP contribution in [0.1, 0.15) is 61.6 Å². The first-order chi connectivity index (χ1) is 18.4. The molecule has 0 bridgehead atoms. The molecular formula is C32H35NO6. The van der Waals surface area contributed by atoms with Crippen molar-refractivity contribution in [2.45, 2.75) is 53.0 Å². The van der Waals surface area contributed by atoms with Gasteiger partial charge in [-0.3, -0.25) is 14.5 Å². The van der Waals surface area contributed by atoms with Crippen LogP contribution in [-0.4, -0.2) is 35.6 Å². The molecule has 39 heavy (non-hydrogen) atoms. The van der Waals surface area contributed by atoms with Gasteiger partial charge in [0.05, 0.1) is 31.0 Å². The van der Waals surface area contributed by atoms with Crippen LogP contribution in [-0.2, 0) is 15.0 Å². The van der Waals surface area contributed by atoms with Crippen molar-refractivity contribution in [1.29, 1.82) is 0 Å². The molecule has 1 unspecified atom stereocenters. The van der Waals surface area contributed by atoms with Crippen molar-refractivity contribution >= 4 is 23.1 Å². The molecule has 2 N–H and O–H groups in total. The van der Waals surface area contributed by atoms with Crippen molar-refractivity contribution in [2.75, 3.05) is 18.6 Å². The Hall–Kier alpha value is -4.26. The van der Waals surface area contributed by atoms with E-state index in [9.17, 15) is 19.8 Å². The maximum atomic E-state index is 13.7. The predicted molar refractivity (Wildman–Crippen MR) is 152 cm³/mol. The van der Waals surface area contributed by atoms with Crippen LogP contribution < -0.4 is 14.4 Å². The van der Waals surface area contributed by atoms with Gasteiger partial charge in [0.15, 0.2) is 11.5 Å². The number of hydrogen-bond acceptors (Lipinski definition) is 6. The lowest BCUT2D eigenvalue weighted by molar-refractivity contribution is -0.132. The highest BCUT2D eigenvalue weighted by Gasteiger charge is 2.48. The van der Waals surface area contributed by atoms with Gasteiger partial charge in [-0.05, 0) is 78.8 Å². The van der Waals surface area contributed by atoms with E-state index in [2.05, 4.69) is 20.8 Å². The van der Waals surface area contributed by atoms with Gasteiger partial charge in [-0.15, -0.1) is 0 Å². The molecule has 1 atom stereocenters. The minimum Gasteiger partial charge on any atom is -0.507 e. The highest BCUT2D eigenvalue weighted by Crippen LogP contribution is 2.47. The summed E-state index contributed by atoms with van der Waals surface area (Å²) in [5, 5.41) is 22.5. The Kier molecular flexibility index (Phi) is 7.46. The normalized spacial score (nSPS) is 17.0. The van der Waals surface area contributed by atoms with Gasteiger partial charge in [0.1, 0.15) is 11.5 Å². The summed E-state index contributed by atoms with van der Waals surface area (Å²) in [5.74, 6) is -1.19. The Morgan fingerprint density at radius 1 is 0.974 bits per heavy atom. The van der Waals surface area contributed by atoms with E-state index >= 15 is 0 Å². The fourth-order valence-corrected chi connectivity index (χ4v) is 4.84. The fourth-order valence-electron chi connectivity index (χ4n) is 4.84. The van der Waals surface area contributed by atoms with E-state index in [1.54, 1.807) is 30.3 Å². The predicted octanol–water partition coefficient (Wildman–Crippen LogP) is 6.34. The lowest BCUT2D eigenvalue weighted by Gasteiger charge is -2.27. The molecule has 0 saturated carbocycles. The molecule has 1 fully saturated rings. The Balaban J connectivity index is 2.04. The molecule has 7 heteroatoms. The number of ether oxygens (including phenoxy) is 2. The molecule has 1 heterocycles. The Morgan fingerprint density at radius 2 is 1.69 bits per heavy atom. The molecule has 0 radical (unpaired) electrons. The second-order valence-electron chi connectivity index (χ2n) is 10.8. The molecule has 0 spiro atoms. The van der Waals surface area contributed by atoms with Crippen LogP contribution in [0.2, 0.25) is 0 Å². The lowest BCUT2D eigenvalue weighted by Crippen LogP contribution is -2.29. The first kappa shape index (κ1) is 27.8. The molecule has 3 aromatic rings. The summed E-state index contributed by atoms with van der Waals surface area (Å²) in [5.41, 5.74) is 3.42. The lowest BCUT2D eigenvalue weighted by atomic mass is 9.84. The summed E-state index contributed by atoms with van der Waals surface area (Å²) in [6.07, 6.45) is 0. The first-order valence-corrected chi connectivity index (χ1v) is 12.9. The number of amides is 1. The van der Waals surface area contributed by atoms with Gasteiger partial charge < -0.3 is 19.7 Å². The number of phenols is 1. The summed E-state index contributed by atoms with van der Waals surface area (Å²) >= 11 is 0. The standard InChI is InChI=1S/C32H35NO6/c1-8-39-26-16-20(11-14-25(26)38-7)28-27(29(35)22-17-21(32(4,5)6)12-10-19(22)3)30(36)31(37)33(28)23-15-18(2)9-13-24(23)34/h9-17,28,34-35H,8H2,1-7H3/b29-27+. The van der Waals surface area contributed by atoms with Gasteiger partial charge in [-0.25, -0.2) is 0 Å². The molecule has 3 aromatic carbocycles. The number of methoxy groups -OCH3 is 1. The number of ketones is 1. The number of phenolic OH excluding ortho intramolecular Hbond substituents is 1. The minimum absolute atomic E-state index is 0.0670. The molecule has 4 rings (SSSR count). The third-order valence-electron chi connectivity index (χ3n) is 7.00. The second kappa shape index (κ2) is 10.5. The van der Waals surface area contributed by atoms with Gasteiger partial charge in [0.25, 0.3) is 11.7 Å². The van der Waals surface area contributed by atoms with Crippen LogP contribution in [0.4, 0.5) is 5.69 Å². The highest BCUT2D eigenvalue weighted by atomic mass is 16.5. The van der Waals surface area contributed by atoms with E-state index < -0.39 is 17.7 Å². The van der Waals surface area contributed by atoms with Crippen LogP contribution in [0.15, 0.2) is 60.2 Å². The van der Waals surface area contributed by atoms with E-state index in [-0.39, 0.29) is 28.2 Å².